The highest BCUT2D eigenvalue weighted by Crippen LogP contribution is 2.28. The Morgan fingerprint density at radius 3 is 1.41 bits per heavy atom. The quantitative estimate of drug-likeness (QED) is 0.405. The number of nitrogens with one attached hydrogen (secondary N) is 2. The average Bonchev–Trinajstić information content (AvgIpc) is 2.42. The third kappa shape index (κ3) is 3.33. The predicted octanol–water partition coefficient (Wildman–Crippen LogP) is -1.66. The Morgan fingerprint density at radius 2 is 1.09 bits per heavy atom. The molecule has 0 amide bonds. The molecule has 0 aromatic heterocycles. The van der Waals surface area contributed by atoms with Gasteiger partial charge in [0, 0.05) is 24.7 Å². The second-order valence-electron chi connectivity index (χ2n) is 8.21. The van der Waals surface area contributed by atoms with Crippen molar-refractivity contribution >= 4 is 0 Å². The highest BCUT2D eigenvalue weighted by atomic mass is 16.3. The van der Waals surface area contributed by atoms with Gasteiger partial charge >= 0.3 is 0 Å². The van der Waals surface area contributed by atoms with E-state index in [1.807, 2.05) is 0 Å². The molecule has 126 valence electrons. The maximum absolute atomic E-state index is 11.0. The molecular weight excluding hydrogens is 276 g/mol. The summed E-state index contributed by atoms with van der Waals surface area (Å²) in [6.07, 6.45) is 1.36. The maximum Gasteiger partial charge on any atom is 0.139 e. The zero-order valence-electron chi connectivity index (χ0n) is 15.0. The van der Waals surface area contributed by atoms with Crippen LogP contribution in [0.15, 0.2) is 0 Å². The third-order valence-corrected chi connectivity index (χ3v) is 6.30. The molecule has 0 aromatic carbocycles. The van der Waals surface area contributed by atoms with Gasteiger partial charge in [-0.05, 0) is 13.8 Å². The zero-order valence-corrected chi connectivity index (χ0v) is 15.0. The summed E-state index contributed by atoms with van der Waals surface area (Å²) in [5, 5.41) is 21.9. The molecule has 4 nitrogen and oxygen atoms in total. The van der Waals surface area contributed by atoms with Crippen molar-refractivity contribution < 1.29 is 20.0 Å². The molecule has 22 heavy (non-hydrogen) atoms. The van der Waals surface area contributed by atoms with Crippen molar-refractivity contribution in [1.29, 1.82) is 0 Å². The number of hydrogen-bond donors (Lipinski definition) is 4. The first kappa shape index (κ1) is 17.7. The number of aliphatic hydroxyl groups is 2. The monoisotopic (exact) mass is 310 g/mol. The van der Waals surface area contributed by atoms with E-state index in [-0.39, 0.29) is 11.8 Å². The van der Waals surface area contributed by atoms with Gasteiger partial charge in [-0.1, -0.05) is 25.7 Å². The number of likely N-dealkylation sites (tertiary alicyclic amines) is 2. The SMILES string of the molecule is C[C@@H]1C[C@@](O)(C#C[C@]2(O)C[C@H](C)[NH+](C)C[C@@H]2C)[C@H](C)C[NH+]1C. The average molecular weight is 310 g/mol. The molecule has 2 heterocycles. The lowest BCUT2D eigenvalue weighted by molar-refractivity contribution is -0.915. The van der Waals surface area contributed by atoms with E-state index in [9.17, 15) is 10.2 Å². The summed E-state index contributed by atoms with van der Waals surface area (Å²) in [6.45, 7) is 10.3. The largest absolute Gasteiger partial charge is 0.377 e. The van der Waals surface area contributed by atoms with E-state index in [1.165, 1.54) is 9.80 Å². The fourth-order valence-electron chi connectivity index (χ4n) is 3.96. The summed E-state index contributed by atoms with van der Waals surface area (Å²) in [4.78, 5) is 2.89. The summed E-state index contributed by atoms with van der Waals surface area (Å²) < 4.78 is 0. The molecule has 2 saturated heterocycles. The Morgan fingerprint density at radius 1 is 0.773 bits per heavy atom. The van der Waals surface area contributed by atoms with Gasteiger partial charge in [-0.2, -0.15) is 0 Å². The first-order chi connectivity index (χ1) is 10.1. The smallest absolute Gasteiger partial charge is 0.139 e. The summed E-state index contributed by atoms with van der Waals surface area (Å²) >= 11 is 0. The fourth-order valence-corrected chi connectivity index (χ4v) is 3.96. The number of piperidine rings is 2. The summed E-state index contributed by atoms with van der Waals surface area (Å²) in [5.74, 6) is 6.47. The Bertz CT molecular complexity index is 431. The van der Waals surface area contributed by atoms with E-state index in [1.54, 1.807) is 0 Å². The third-order valence-electron chi connectivity index (χ3n) is 6.30. The Balaban J connectivity index is 2.20. The molecule has 0 bridgehead atoms. The second kappa shape index (κ2) is 6.13. The van der Waals surface area contributed by atoms with Crippen LogP contribution in [-0.4, -0.2) is 60.7 Å². The van der Waals surface area contributed by atoms with E-state index >= 15 is 0 Å². The molecular formula is C18H34N2O2+2. The van der Waals surface area contributed by atoms with Crippen LogP contribution in [0.1, 0.15) is 40.5 Å². The van der Waals surface area contributed by atoms with Gasteiger partial charge in [0.25, 0.3) is 0 Å². The van der Waals surface area contributed by atoms with Crippen molar-refractivity contribution in [3.63, 3.8) is 0 Å². The zero-order chi connectivity index (χ0) is 16.7. The number of hydrogen-bond acceptors (Lipinski definition) is 2. The minimum Gasteiger partial charge on any atom is -0.377 e. The van der Waals surface area contributed by atoms with E-state index in [0.717, 1.165) is 13.1 Å². The van der Waals surface area contributed by atoms with Crippen LogP contribution in [0, 0.1) is 23.7 Å². The first-order valence-corrected chi connectivity index (χ1v) is 8.71. The van der Waals surface area contributed by atoms with Crippen LogP contribution in [-0.2, 0) is 0 Å². The van der Waals surface area contributed by atoms with E-state index in [4.69, 9.17) is 0 Å². The van der Waals surface area contributed by atoms with Crippen molar-refractivity contribution in [2.45, 2.75) is 63.8 Å². The van der Waals surface area contributed by atoms with E-state index < -0.39 is 11.2 Å². The highest BCUT2D eigenvalue weighted by Gasteiger charge is 2.45. The van der Waals surface area contributed by atoms with Crippen molar-refractivity contribution in [2.75, 3.05) is 27.2 Å². The topological polar surface area (TPSA) is 49.3 Å². The predicted molar refractivity (Wildman–Crippen MR) is 87.7 cm³/mol. The van der Waals surface area contributed by atoms with Crippen LogP contribution in [0.25, 0.3) is 0 Å². The molecule has 2 rings (SSSR count). The molecule has 8 atom stereocenters. The molecule has 0 aliphatic carbocycles. The molecule has 0 radical (unpaired) electrons. The van der Waals surface area contributed by atoms with Crippen LogP contribution in [0.2, 0.25) is 0 Å². The van der Waals surface area contributed by atoms with Crippen molar-refractivity contribution in [2.24, 2.45) is 11.8 Å². The van der Waals surface area contributed by atoms with Crippen molar-refractivity contribution in [3.05, 3.63) is 0 Å². The number of rotatable bonds is 0. The lowest BCUT2D eigenvalue weighted by Crippen LogP contribution is -3.15. The highest BCUT2D eigenvalue weighted by molar-refractivity contribution is 5.24. The van der Waals surface area contributed by atoms with Crippen molar-refractivity contribution in [1.82, 2.24) is 0 Å². The van der Waals surface area contributed by atoms with Crippen LogP contribution in [0.3, 0.4) is 0 Å². The van der Waals surface area contributed by atoms with Gasteiger partial charge in [0.1, 0.15) is 11.2 Å². The van der Waals surface area contributed by atoms with Crippen molar-refractivity contribution in [3.8, 4) is 11.8 Å². The van der Waals surface area contributed by atoms with Crippen LogP contribution in [0.5, 0.6) is 0 Å². The maximum atomic E-state index is 11.0. The van der Waals surface area contributed by atoms with Gasteiger partial charge < -0.3 is 20.0 Å². The van der Waals surface area contributed by atoms with Gasteiger partial charge in [-0.3, -0.25) is 0 Å². The standard InChI is InChI=1S/C18H32N2O2/c1-13-11-19(5)15(3)9-17(13,21)7-8-18(22)10-16(4)20(6)12-14(18)2/h13-16,21-22H,9-12H2,1-6H3/p+2/t13-,14+,15-,16+,17-,18-/m0/s1. The molecule has 2 unspecified atom stereocenters. The molecule has 4 heteroatoms. The van der Waals surface area contributed by atoms with E-state index in [0.29, 0.717) is 24.9 Å². The van der Waals surface area contributed by atoms with Gasteiger partial charge in [-0.15, -0.1) is 0 Å². The fraction of sp³-hybridized carbons (Fsp3) is 0.889. The van der Waals surface area contributed by atoms with Crippen LogP contribution >= 0.6 is 0 Å². The molecule has 2 aliphatic rings. The summed E-state index contributed by atoms with van der Waals surface area (Å²) in [6, 6.07) is 0.784. The summed E-state index contributed by atoms with van der Waals surface area (Å²) in [7, 11) is 4.34. The van der Waals surface area contributed by atoms with Crippen LogP contribution in [0.4, 0.5) is 0 Å². The molecule has 0 saturated carbocycles. The first-order valence-electron chi connectivity index (χ1n) is 8.71. The van der Waals surface area contributed by atoms with Gasteiger partial charge in [0.15, 0.2) is 0 Å². The molecule has 2 aliphatic heterocycles. The minimum absolute atomic E-state index is 0.129. The Kier molecular flexibility index (Phi) is 4.94. The van der Waals surface area contributed by atoms with E-state index in [2.05, 4.69) is 53.6 Å². The molecule has 0 aromatic rings. The summed E-state index contributed by atoms with van der Waals surface area (Å²) in [5.41, 5.74) is -1.93. The second-order valence-corrected chi connectivity index (χ2v) is 8.21. The Hall–Kier alpha value is -0.600. The Labute approximate surface area is 135 Å². The lowest BCUT2D eigenvalue weighted by Gasteiger charge is -2.42. The number of quaternary nitrogens is 2. The van der Waals surface area contributed by atoms with Gasteiger partial charge in [0.05, 0.1) is 39.3 Å². The van der Waals surface area contributed by atoms with Gasteiger partial charge in [0.2, 0.25) is 0 Å². The van der Waals surface area contributed by atoms with Crippen LogP contribution < -0.4 is 9.80 Å². The lowest BCUT2D eigenvalue weighted by atomic mass is 9.76. The molecule has 4 N–H and O–H groups in total. The normalized spacial score (nSPS) is 52.7. The van der Waals surface area contributed by atoms with Gasteiger partial charge in [-0.25, -0.2) is 0 Å². The molecule has 0 spiro atoms. The minimum atomic E-state index is -0.964. The molecule has 2 fully saturated rings.